The zero-order valence-corrected chi connectivity index (χ0v) is 14.6. The molecule has 0 bridgehead atoms. The molecule has 2 aromatic rings. The van der Waals surface area contributed by atoms with Crippen molar-refractivity contribution in [2.75, 3.05) is 0 Å². The van der Waals surface area contributed by atoms with E-state index in [1.807, 2.05) is 32.2 Å². The van der Waals surface area contributed by atoms with Crippen LogP contribution in [0.25, 0.3) is 0 Å². The van der Waals surface area contributed by atoms with E-state index in [4.69, 9.17) is 4.74 Å². The van der Waals surface area contributed by atoms with Crippen LogP contribution in [0, 0.1) is 6.92 Å². The molecule has 0 fully saturated rings. The van der Waals surface area contributed by atoms with E-state index in [1.165, 1.54) is 0 Å². The Hall–Kier alpha value is -0.330. The van der Waals surface area contributed by atoms with Gasteiger partial charge in [0.1, 0.15) is 5.75 Å². The summed E-state index contributed by atoms with van der Waals surface area (Å²) in [6, 6.07) is 5.80. The first kappa shape index (κ1) is 14.1. The minimum atomic E-state index is 0.718. The summed E-state index contributed by atoms with van der Waals surface area (Å²) in [4.78, 5) is 0. The van der Waals surface area contributed by atoms with Crippen LogP contribution in [0.3, 0.4) is 0 Å². The second kappa shape index (κ2) is 5.75. The van der Waals surface area contributed by atoms with Gasteiger partial charge in [-0.25, -0.2) is 4.68 Å². The van der Waals surface area contributed by atoms with Crippen molar-refractivity contribution in [2.24, 2.45) is 7.05 Å². The predicted octanol–water partition coefficient (Wildman–Crippen LogP) is 4.94. The molecule has 3 nitrogen and oxygen atoms in total. The van der Waals surface area contributed by atoms with E-state index in [0.717, 1.165) is 37.2 Å². The minimum absolute atomic E-state index is 0.718. The van der Waals surface area contributed by atoms with Crippen molar-refractivity contribution in [3.8, 4) is 11.6 Å². The molecule has 0 aliphatic heterocycles. The van der Waals surface area contributed by atoms with Gasteiger partial charge in [-0.2, -0.15) is 5.10 Å². The molecule has 1 aromatic carbocycles. The van der Waals surface area contributed by atoms with Gasteiger partial charge in [-0.1, -0.05) is 31.9 Å². The van der Waals surface area contributed by atoms with Crippen molar-refractivity contribution in [1.82, 2.24) is 9.78 Å². The standard InChI is InChI=1S/C12H11Br3N2O/c1-7-9(6-13)12(17(2)16-7)18-11-4-3-8(14)5-10(11)15/h3-5H,6H2,1-2H3. The summed E-state index contributed by atoms with van der Waals surface area (Å²) in [5.74, 6) is 1.52. The van der Waals surface area contributed by atoms with Gasteiger partial charge in [0.15, 0.2) is 0 Å². The number of alkyl halides is 1. The summed E-state index contributed by atoms with van der Waals surface area (Å²) in [7, 11) is 1.88. The molecule has 0 N–H and O–H groups in total. The van der Waals surface area contributed by atoms with Gasteiger partial charge in [-0.05, 0) is 41.1 Å². The largest absolute Gasteiger partial charge is 0.438 e. The number of ether oxygens (including phenoxy) is 1. The van der Waals surface area contributed by atoms with Gasteiger partial charge < -0.3 is 4.74 Å². The number of hydrogen-bond acceptors (Lipinski definition) is 2. The Morgan fingerprint density at radius 2 is 2.06 bits per heavy atom. The van der Waals surface area contributed by atoms with Gasteiger partial charge >= 0.3 is 0 Å². The number of aryl methyl sites for hydroxylation is 2. The molecule has 6 heteroatoms. The fourth-order valence-electron chi connectivity index (χ4n) is 1.62. The highest BCUT2D eigenvalue weighted by molar-refractivity contribution is 9.11. The Morgan fingerprint density at radius 3 is 2.67 bits per heavy atom. The number of benzene rings is 1. The lowest BCUT2D eigenvalue weighted by atomic mass is 10.3. The van der Waals surface area contributed by atoms with Crippen LogP contribution in [0.15, 0.2) is 27.1 Å². The molecule has 0 aliphatic rings. The second-order valence-electron chi connectivity index (χ2n) is 3.80. The maximum Gasteiger partial charge on any atom is 0.221 e. The molecule has 0 radical (unpaired) electrons. The molecule has 0 unspecified atom stereocenters. The summed E-state index contributed by atoms with van der Waals surface area (Å²) in [6.07, 6.45) is 0. The first-order valence-electron chi connectivity index (χ1n) is 5.24. The van der Waals surface area contributed by atoms with E-state index in [0.29, 0.717) is 0 Å². The Kier molecular flexibility index (Phi) is 4.50. The Balaban J connectivity index is 2.39. The summed E-state index contributed by atoms with van der Waals surface area (Å²) in [5.41, 5.74) is 2.03. The zero-order chi connectivity index (χ0) is 13.3. The van der Waals surface area contributed by atoms with E-state index in [-0.39, 0.29) is 0 Å². The third-order valence-electron chi connectivity index (χ3n) is 2.52. The van der Waals surface area contributed by atoms with Crippen LogP contribution in [-0.4, -0.2) is 9.78 Å². The molecule has 96 valence electrons. The molecule has 1 heterocycles. The van der Waals surface area contributed by atoms with Gasteiger partial charge in [0.25, 0.3) is 0 Å². The van der Waals surface area contributed by atoms with Crippen molar-refractivity contribution in [2.45, 2.75) is 12.3 Å². The zero-order valence-electron chi connectivity index (χ0n) is 9.88. The topological polar surface area (TPSA) is 27.1 Å². The first-order valence-corrected chi connectivity index (χ1v) is 7.95. The van der Waals surface area contributed by atoms with Crippen LogP contribution in [-0.2, 0) is 12.4 Å². The Bertz CT molecular complexity index is 581. The SMILES string of the molecule is Cc1nn(C)c(Oc2ccc(Br)cc2Br)c1CBr. The normalized spacial score (nSPS) is 10.7. The smallest absolute Gasteiger partial charge is 0.221 e. The summed E-state index contributed by atoms with van der Waals surface area (Å²) in [6.45, 7) is 1.97. The van der Waals surface area contributed by atoms with Crippen molar-refractivity contribution >= 4 is 47.8 Å². The van der Waals surface area contributed by atoms with E-state index in [1.54, 1.807) is 4.68 Å². The van der Waals surface area contributed by atoms with Gasteiger partial charge in [0.2, 0.25) is 5.88 Å². The molecule has 0 aliphatic carbocycles. The number of aromatic nitrogens is 2. The lowest BCUT2D eigenvalue weighted by molar-refractivity contribution is 0.425. The van der Waals surface area contributed by atoms with Gasteiger partial charge in [0.05, 0.1) is 10.2 Å². The molecule has 0 atom stereocenters. The maximum absolute atomic E-state index is 5.94. The highest BCUT2D eigenvalue weighted by Crippen LogP contribution is 2.34. The lowest BCUT2D eigenvalue weighted by Gasteiger charge is -2.09. The van der Waals surface area contributed by atoms with Crippen molar-refractivity contribution < 1.29 is 4.74 Å². The summed E-state index contributed by atoms with van der Waals surface area (Å²) < 4.78 is 9.59. The van der Waals surface area contributed by atoms with Crippen LogP contribution >= 0.6 is 47.8 Å². The summed E-state index contributed by atoms with van der Waals surface area (Å²) >= 11 is 10.4. The Morgan fingerprint density at radius 1 is 1.33 bits per heavy atom. The molecule has 0 amide bonds. The third kappa shape index (κ3) is 2.81. The van der Waals surface area contributed by atoms with Crippen LogP contribution in [0.1, 0.15) is 11.3 Å². The van der Waals surface area contributed by atoms with E-state index in [9.17, 15) is 0 Å². The Labute approximate surface area is 131 Å². The van der Waals surface area contributed by atoms with E-state index in [2.05, 4.69) is 52.9 Å². The van der Waals surface area contributed by atoms with Crippen LogP contribution in [0.5, 0.6) is 11.6 Å². The second-order valence-corrected chi connectivity index (χ2v) is 6.13. The van der Waals surface area contributed by atoms with Crippen LogP contribution < -0.4 is 4.74 Å². The van der Waals surface area contributed by atoms with Crippen molar-refractivity contribution in [3.63, 3.8) is 0 Å². The highest BCUT2D eigenvalue weighted by atomic mass is 79.9. The molecular formula is C12H11Br3N2O. The van der Waals surface area contributed by atoms with Gasteiger partial charge in [-0.3, -0.25) is 0 Å². The predicted molar refractivity (Wildman–Crippen MR) is 82.5 cm³/mol. The number of nitrogens with zero attached hydrogens (tertiary/aromatic N) is 2. The molecule has 0 saturated heterocycles. The van der Waals surface area contributed by atoms with E-state index < -0.39 is 0 Å². The molecule has 0 saturated carbocycles. The molecule has 0 spiro atoms. The fraction of sp³-hybridized carbons (Fsp3) is 0.250. The number of hydrogen-bond donors (Lipinski definition) is 0. The average molecular weight is 439 g/mol. The van der Waals surface area contributed by atoms with Gasteiger partial charge in [-0.15, -0.1) is 0 Å². The monoisotopic (exact) mass is 436 g/mol. The summed E-state index contributed by atoms with van der Waals surface area (Å²) in [5, 5.41) is 5.08. The van der Waals surface area contributed by atoms with Crippen molar-refractivity contribution in [1.29, 1.82) is 0 Å². The van der Waals surface area contributed by atoms with Crippen LogP contribution in [0.2, 0.25) is 0 Å². The van der Waals surface area contributed by atoms with E-state index >= 15 is 0 Å². The van der Waals surface area contributed by atoms with Crippen LogP contribution in [0.4, 0.5) is 0 Å². The number of rotatable bonds is 3. The highest BCUT2D eigenvalue weighted by Gasteiger charge is 2.15. The fourth-order valence-corrected chi connectivity index (χ4v) is 3.40. The molecule has 1 aromatic heterocycles. The maximum atomic E-state index is 5.94. The lowest BCUT2D eigenvalue weighted by Crippen LogP contribution is -1.97. The minimum Gasteiger partial charge on any atom is -0.438 e. The number of halogens is 3. The van der Waals surface area contributed by atoms with Gasteiger partial charge in [0, 0.05) is 22.4 Å². The quantitative estimate of drug-likeness (QED) is 0.634. The average Bonchev–Trinajstić information content (AvgIpc) is 2.57. The first-order chi connectivity index (χ1) is 8.52. The third-order valence-corrected chi connectivity index (χ3v) is 4.20. The molecule has 2 rings (SSSR count). The van der Waals surface area contributed by atoms with Crippen molar-refractivity contribution in [3.05, 3.63) is 38.4 Å². The molecular weight excluding hydrogens is 428 g/mol. The molecule has 18 heavy (non-hydrogen) atoms.